The van der Waals surface area contributed by atoms with Gasteiger partial charge >= 0.3 is 0 Å². The molecular formula is C15H23ClN2. The van der Waals surface area contributed by atoms with E-state index < -0.39 is 0 Å². The summed E-state index contributed by atoms with van der Waals surface area (Å²) >= 11 is 6.23. The molecule has 0 spiro atoms. The number of aryl methyl sites for hydroxylation is 1. The molecule has 0 bridgehead atoms. The molecule has 1 aromatic rings. The second-order valence-electron chi connectivity index (χ2n) is 5.17. The molecule has 1 fully saturated rings. The number of hydrogen-bond donors (Lipinski definition) is 1. The summed E-state index contributed by atoms with van der Waals surface area (Å²) in [6.07, 6.45) is 3.68. The predicted molar refractivity (Wildman–Crippen MR) is 79.7 cm³/mol. The van der Waals surface area contributed by atoms with E-state index in [1.54, 1.807) is 0 Å². The van der Waals surface area contributed by atoms with E-state index >= 15 is 0 Å². The first kappa shape index (κ1) is 13.7. The van der Waals surface area contributed by atoms with Crippen LogP contribution in [0.25, 0.3) is 0 Å². The van der Waals surface area contributed by atoms with Gasteiger partial charge in [0.05, 0.1) is 0 Å². The summed E-state index contributed by atoms with van der Waals surface area (Å²) in [6.45, 7) is 7.64. The van der Waals surface area contributed by atoms with E-state index in [2.05, 4.69) is 42.3 Å². The van der Waals surface area contributed by atoms with E-state index in [0.29, 0.717) is 6.04 Å². The zero-order valence-electron chi connectivity index (χ0n) is 11.4. The minimum absolute atomic E-state index is 0.609. The molecule has 18 heavy (non-hydrogen) atoms. The molecule has 0 aromatic heterocycles. The van der Waals surface area contributed by atoms with Crippen LogP contribution in [0, 0.1) is 6.92 Å². The standard InChI is InChI=1S/C15H23ClN2/c1-3-5-13-11-18(9-4-8-17-13)14-7-6-12(2)15(16)10-14/h6-7,10,13,17H,3-5,8-9,11H2,1-2H3. The number of rotatable bonds is 3. The van der Waals surface area contributed by atoms with Gasteiger partial charge in [-0.3, -0.25) is 0 Å². The summed E-state index contributed by atoms with van der Waals surface area (Å²) in [5.41, 5.74) is 2.41. The smallest absolute Gasteiger partial charge is 0.0455 e. The van der Waals surface area contributed by atoms with Crippen molar-refractivity contribution in [3.63, 3.8) is 0 Å². The third kappa shape index (κ3) is 3.39. The van der Waals surface area contributed by atoms with Crippen molar-refractivity contribution in [3.8, 4) is 0 Å². The van der Waals surface area contributed by atoms with Crippen LogP contribution in [0.3, 0.4) is 0 Å². The molecule has 0 aliphatic carbocycles. The molecule has 2 rings (SSSR count). The molecule has 3 heteroatoms. The van der Waals surface area contributed by atoms with Crippen molar-refractivity contribution in [2.24, 2.45) is 0 Å². The Hall–Kier alpha value is -0.730. The van der Waals surface area contributed by atoms with Crippen LogP contribution in [0.1, 0.15) is 31.7 Å². The van der Waals surface area contributed by atoms with Gasteiger partial charge < -0.3 is 10.2 Å². The highest BCUT2D eigenvalue weighted by Gasteiger charge is 2.17. The molecule has 1 aromatic carbocycles. The van der Waals surface area contributed by atoms with Gasteiger partial charge in [0.15, 0.2) is 0 Å². The summed E-state index contributed by atoms with van der Waals surface area (Å²) in [5.74, 6) is 0. The normalized spacial score (nSPS) is 20.8. The van der Waals surface area contributed by atoms with Crippen LogP contribution in [-0.4, -0.2) is 25.7 Å². The summed E-state index contributed by atoms with van der Waals surface area (Å²) in [6, 6.07) is 7.02. The lowest BCUT2D eigenvalue weighted by atomic mass is 10.1. The number of benzene rings is 1. The fourth-order valence-electron chi connectivity index (χ4n) is 2.55. The average molecular weight is 267 g/mol. The van der Waals surface area contributed by atoms with Crippen molar-refractivity contribution in [2.75, 3.05) is 24.5 Å². The highest BCUT2D eigenvalue weighted by atomic mass is 35.5. The van der Waals surface area contributed by atoms with Crippen LogP contribution in [-0.2, 0) is 0 Å². The van der Waals surface area contributed by atoms with E-state index in [-0.39, 0.29) is 0 Å². The van der Waals surface area contributed by atoms with Crippen molar-refractivity contribution < 1.29 is 0 Å². The summed E-state index contributed by atoms with van der Waals surface area (Å²) < 4.78 is 0. The minimum Gasteiger partial charge on any atom is -0.370 e. The number of anilines is 1. The first-order valence-corrected chi connectivity index (χ1v) is 7.33. The van der Waals surface area contributed by atoms with Crippen LogP contribution in [0.4, 0.5) is 5.69 Å². The number of nitrogens with one attached hydrogen (secondary N) is 1. The van der Waals surface area contributed by atoms with E-state index in [9.17, 15) is 0 Å². The van der Waals surface area contributed by atoms with Crippen molar-refractivity contribution in [1.82, 2.24) is 5.32 Å². The van der Waals surface area contributed by atoms with Crippen molar-refractivity contribution in [1.29, 1.82) is 0 Å². The van der Waals surface area contributed by atoms with Crippen LogP contribution >= 0.6 is 11.6 Å². The van der Waals surface area contributed by atoms with E-state index in [4.69, 9.17) is 11.6 Å². The first-order valence-electron chi connectivity index (χ1n) is 6.95. The molecule has 0 amide bonds. The molecule has 1 saturated heterocycles. The first-order chi connectivity index (χ1) is 8.70. The number of halogens is 1. The Kier molecular flexibility index (Phi) is 4.90. The maximum absolute atomic E-state index is 6.23. The Morgan fingerprint density at radius 3 is 3.00 bits per heavy atom. The van der Waals surface area contributed by atoms with Crippen LogP contribution < -0.4 is 10.2 Å². The minimum atomic E-state index is 0.609. The van der Waals surface area contributed by atoms with Crippen LogP contribution in [0.2, 0.25) is 5.02 Å². The third-order valence-corrected chi connectivity index (χ3v) is 4.04. The average Bonchev–Trinajstić information content (AvgIpc) is 2.59. The largest absolute Gasteiger partial charge is 0.370 e. The van der Waals surface area contributed by atoms with Crippen LogP contribution in [0.5, 0.6) is 0 Å². The molecule has 1 atom stereocenters. The van der Waals surface area contributed by atoms with Crippen molar-refractivity contribution in [2.45, 2.75) is 39.2 Å². The van der Waals surface area contributed by atoms with Gasteiger partial charge in [-0.1, -0.05) is 31.0 Å². The van der Waals surface area contributed by atoms with Gasteiger partial charge in [0.25, 0.3) is 0 Å². The Morgan fingerprint density at radius 1 is 1.44 bits per heavy atom. The van der Waals surface area contributed by atoms with Gasteiger partial charge in [0, 0.05) is 29.8 Å². The molecule has 1 N–H and O–H groups in total. The fourth-order valence-corrected chi connectivity index (χ4v) is 2.73. The summed E-state index contributed by atoms with van der Waals surface area (Å²) in [5, 5.41) is 4.51. The van der Waals surface area contributed by atoms with E-state index in [0.717, 1.165) is 30.2 Å². The zero-order chi connectivity index (χ0) is 13.0. The number of nitrogens with zero attached hydrogens (tertiary/aromatic N) is 1. The van der Waals surface area contributed by atoms with E-state index in [1.165, 1.54) is 24.9 Å². The second-order valence-corrected chi connectivity index (χ2v) is 5.58. The highest BCUT2D eigenvalue weighted by molar-refractivity contribution is 6.31. The zero-order valence-corrected chi connectivity index (χ0v) is 12.1. The van der Waals surface area contributed by atoms with Gasteiger partial charge in [0.2, 0.25) is 0 Å². The second kappa shape index (κ2) is 6.44. The topological polar surface area (TPSA) is 15.3 Å². The lowest BCUT2D eigenvalue weighted by molar-refractivity contribution is 0.502. The molecule has 1 aliphatic heterocycles. The SMILES string of the molecule is CCCC1CN(c2ccc(C)c(Cl)c2)CCCN1. The van der Waals surface area contributed by atoms with Gasteiger partial charge in [-0.15, -0.1) is 0 Å². The number of hydrogen-bond acceptors (Lipinski definition) is 2. The van der Waals surface area contributed by atoms with Crippen molar-refractivity contribution in [3.05, 3.63) is 28.8 Å². The molecule has 1 unspecified atom stereocenters. The molecule has 0 radical (unpaired) electrons. The van der Waals surface area contributed by atoms with Gasteiger partial charge in [0.1, 0.15) is 0 Å². The molecule has 1 aliphatic rings. The maximum Gasteiger partial charge on any atom is 0.0455 e. The molecule has 0 saturated carbocycles. The van der Waals surface area contributed by atoms with Crippen molar-refractivity contribution >= 4 is 17.3 Å². The Morgan fingerprint density at radius 2 is 2.28 bits per heavy atom. The monoisotopic (exact) mass is 266 g/mol. The predicted octanol–water partition coefficient (Wildman–Crippen LogP) is 3.62. The third-order valence-electron chi connectivity index (χ3n) is 3.64. The molecule has 2 nitrogen and oxygen atoms in total. The fraction of sp³-hybridized carbons (Fsp3) is 0.600. The Bertz CT molecular complexity index is 392. The van der Waals surface area contributed by atoms with E-state index in [1.807, 2.05) is 0 Å². The molecular weight excluding hydrogens is 244 g/mol. The van der Waals surface area contributed by atoms with Crippen LogP contribution in [0.15, 0.2) is 18.2 Å². The highest BCUT2D eigenvalue weighted by Crippen LogP contribution is 2.24. The quantitative estimate of drug-likeness (QED) is 0.899. The van der Waals surface area contributed by atoms with Gasteiger partial charge in [-0.2, -0.15) is 0 Å². The lowest BCUT2D eigenvalue weighted by Gasteiger charge is -2.26. The van der Waals surface area contributed by atoms with Gasteiger partial charge in [-0.25, -0.2) is 0 Å². The summed E-state index contributed by atoms with van der Waals surface area (Å²) in [4.78, 5) is 2.46. The lowest BCUT2D eigenvalue weighted by Crippen LogP contribution is -2.37. The maximum atomic E-state index is 6.23. The van der Waals surface area contributed by atoms with Gasteiger partial charge in [-0.05, 0) is 44.0 Å². The summed E-state index contributed by atoms with van der Waals surface area (Å²) in [7, 11) is 0. The Labute approximate surface area is 115 Å². The molecule has 1 heterocycles. The Balaban J connectivity index is 2.12. The molecule has 100 valence electrons.